The molecule has 0 spiro atoms. The van der Waals surface area contributed by atoms with Gasteiger partial charge in [-0.3, -0.25) is 4.79 Å². The molecule has 82 valence electrons. The van der Waals surface area contributed by atoms with Gasteiger partial charge in [-0.05, 0) is 37.3 Å². The number of nitrogens with one attached hydrogen (secondary N) is 1. The van der Waals surface area contributed by atoms with Crippen molar-refractivity contribution < 1.29 is 8.42 Å². The summed E-state index contributed by atoms with van der Waals surface area (Å²) < 4.78 is 22.2. The minimum atomic E-state index is -3.94. The smallest absolute Gasteiger partial charge is 0.268 e. The second kappa shape index (κ2) is 3.64. The number of halogens is 1. The van der Waals surface area contributed by atoms with Crippen molar-refractivity contribution in [1.29, 1.82) is 0 Å². The molecular weight excluding hydrogens is 238 g/mol. The van der Waals surface area contributed by atoms with Gasteiger partial charge in [0, 0.05) is 16.4 Å². The van der Waals surface area contributed by atoms with Crippen LogP contribution in [0.25, 0.3) is 0 Å². The van der Waals surface area contributed by atoms with Crippen LogP contribution in [0, 0.1) is 0 Å². The van der Waals surface area contributed by atoms with Crippen molar-refractivity contribution in [2.75, 3.05) is 0 Å². The van der Waals surface area contributed by atoms with E-state index in [0.717, 1.165) is 36.9 Å². The van der Waals surface area contributed by atoms with Crippen LogP contribution in [0.4, 0.5) is 0 Å². The molecule has 0 bridgehead atoms. The second-order valence-electron chi connectivity index (χ2n) is 3.61. The lowest BCUT2D eigenvalue weighted by Gasteiger charge is -2.15. The molecule has 1 heterocycles. The van der Waals surface area contributed by atoms with E-state index in [2.05, 4.69) is 4.98 Å². The standard InChI is InChI=1S/C9H10ClNO3S/c10-15(13,14)8-5-6-3-1-2-4-7(6)11-9(8)12/h5H,1-4H2,(H,11,12). The molecule has 1 aromatic rings. The number of H-pyrrole nitrogens is 1. The van der Waals surface area contributed by atoms with Gasteiger partial charge in [0.25, 0.3) is 14.6 Å². The van der Waals surface area contributed by atoms with Gasteiger partial charge >= 0.3 is 0 Å². The van der Waals surface area contributed by atoms with Gasteiger partial charge in [-0.25, -0.2) is 8.42 Å². The number of aromatic nitrogens is 1. The van der Waals surface area contributed by atoms with Crippen LogP contribution in [-0.4, -0.2) is 13.4 Å². The molecule has 0 saturated carbocycles. The predicted octanol–water partition coefficient (Wildman–Crippen LogP) is 1.18. The summed E-state index contributed by atoms with van der Waals surface area (Å²) in [5, 5.41) is 0. The number of aromatic amines is 1. The van der Waals surface area contributed by atoms with Crippen molar-refractivity contribution >= 4 is 19.7 Å². The largest absolute Gasteiger partial charge is 0.325 e. The minimum Gasteiger partial charge on any atom is -0.325 e. The molecule has 15 heavy (non-hydrogen) atoms. The van der Waals surface area contributed by atoms with Crippen molar-refractivity contribution in [3.05, 3.63) is 27.7 Å². The molecule has 0 unspecified atom stereocenters. The highest BCUT2D eigenvalue weighted by molar-refractivity contribution is 8.13. The molecule has 0 fully saturated rings. The lowest BCUT2D eigenvalue weighted by Crippen LogP contribution is -2.20. The van der Waals surface area contributed by atoms with E-state index in [9.17, 15) is 13.2 Å². The summed E-state index contributed by atoms with van der Waals surface area (Å²) in [4.78, 5) is 13.7. The van der Waals surface area contributed by atoms with Crippen LogP contribution in [0.15, 0.2) is 15.8 Å². The van der Waals surface area contributed by atoms with E-state index >= 15 is 0 Å². The fourth-order valence-electron chi connectivity index (χ4n) is 1.83. The molecular formula is C9H10ClNO3S. The molecule has 4 nitrogen and oxygen atoms in total. The number of rotatable bonds is 1. The van der Waals surface area contributed by atoms with E-state index < -0.39 is 14.6 Å². The highest BCUT2D eigenvalue weighted by Gasteiger charge is 2.19. The van der Waals surface area contributed by atoms with Crippen LogP contribution in [0.2, 0.25) is 0 Å². The van der Waals surface area contributed by atoms with E-state index in [1.54, 1.807) is 0 Å². The molecule has 2 rings (SSSR count). The molecule has 0 aromatic carbocycles. The number of hydrogen-bond donors (Lipinski definition) is 1. The van der Waals surface area contributed by atoms with Gasteiger partial charge in [-0.15, -0.1) is 0 Å². The molecule has 1 aromatic heterocycles. The van der Waals surface area contributed by atoms with Crippen molar-refractivity contribution in [1.82, 2.24) is 4.98 Å². The van der Waals surface area contributed by atoms with Gasteiger partial charge in [0.1, 0.15) is 4.90 Å². The summed E-state index contributed by atoms with van der Waals surface area (Å²) >= 11 is 0. The molecule has 0 amide bonds. The van der Waals surface area contributed by atoms with Crippen LogP contribution in [0.1, 0.15) is 24.1 Å². The van der Waals surface area contributed by atoms with Crippen LogP contribution in [0.5, 0.6) is 0 Å². The second-order valence-corrected chi connectivity index (χ2v) is 6.15. The maximum atomic E-state index is 11.4. The average Bonchev–Trinajstić information content (AvgIpc) is 2.15. The summed E-state index contributed by atoms with van der Waals surface area (Å²) in [6.07, 6.45) is 3.63. The highest BCUT2D eigenvalue weighted by atomic mass is 35.7. The van der Waals surface area contributed by atoms with Crippen molar-refractivity contribution in [2.24, 2.45) is 0 Å². The van der Waals surface area contributed by atoms with Crippen LogP contribution < -0.4 is 5.56 Å². The third-order valence-electron chi connectivity index (χ3n) is 2.57. The number of hydrogen-bond acceptors (Lipinski definition) is 3. The Kier molecular flexibility index (Phi) is 2.60. The Morgan fingerprint density at radius 3 is 2.60 bits per heavy atom. The van der Waals surface area contributed by atoms with Crippen molar-refractivity contribution in [2.45, 2.75) is 30.6 Å². The fourth-order valence-corrected chi connectivity index (χ4v) is 2.73. The summed E-state index contributed by atoms with van der Waals surface area (Å²) in [7, 11) is 1.22. The summed E-state index contributed by atoms with van der Waals surface area (Å²) in [5.41, 5.74) is 1.11. The summed E-state index contributed by atoms with van der Waals surface area (Å²) in [6, 6.07) is 1.40. The molecule has 1 aliphatic carbocycles. The molecule has 1 N–H and O–H groups in total. The first-order valence-corrected chi connectivity index (χ1v) is 6.99. The van der Waals surface area contributed by atoms with E-state index in [4.69, 9.17) is 10.7 Å². The minimum absolute atomic E-state index is 0.343. The van der Waals surface area contributed by atoms with Crippen LogP contribution >= 0.6 is 10.7 Å². The molecule has 0 saturated heterocycles. The van der Waals surface area contributed by atoms with Gasteiger partial charge in [0.15, 0.2) is 0 Å². The van der Waals surface area contributed by atoms with E-state index in [-0.39, 0.29) is 4.90 Å². The molecule has 0 aliphatic heterocycles. The quantitative estimate of drug-likeness (QED) is 0.758. The number of pyridine rings is 1. The van der Waals surface area contributed by atoms with Gasteiger partial charge < -0.3 is 4.98 Å². The normalized spacial score (nSPS) is 16.1. The Labute approximate surface area is 91.7 Å². The van der Waals surface area contributed by atoms with E-state index in [0.29, 0.717) is 0 Å². The average molecular weight is 248 g/mol. The third-order valence-corrected chi connectivity index (χ3v) is 3.89. The lowest BCUT2D eigenvalue weighted by atomic mass is 9.96. The van der Waals surface area contributed by atoms with Crippen LogP contribution in [-0.2, 0) is 21.9 Å². The Morgan fingerprint density at radius 2 is 1.93 bits per heavy atom. The van der Waals surface area contributed by atoms with E-state index in [1.807, 2.05) is 0 Å². The Bertz CT molecular complexity index is 547. The first kappa shape index (κ1) is 10.7. The molecule has 1 aliphatic rings. The van der Waals surface area contributed by atoms with Crippen LogP contribution in [0.3, 0.4) is 0 Å². The van der Waals surface area contributed by atoms with Gasteiger partial charge in [-0.1, -0.05) is 0 Å². The summed E-state index contributed by atoms with van der Waals surface area (Å²) in [5.74, 6) is 0. The van der Waals surface area contributed by atoms with Crippen molar-refractivity contribution in [3.8, 4) is 0 Å². The SMILES string of the molecule is O=c1[nH]c2c(cc1S(=O)(=O)Cl)CCCC2. The fraction of sp³-hybridized carbons (Fsp3) is 0.444. The van der Waals surface area contributed by atoms with Gasteiger partial charge in [-0.2, -0.15) is 0 Å². The topological polar surface area (TPSA) is 67.0 Å². The predicted molar refractivity (Wildman–Crippen MR) is 56.7 cm³/mol. The van der Waals surface area contributed by atoms with Gasteiger partial charge in [0.2, 0.25) is 0 Å². The maximum absolute atomic E-state index is 11.4. The van der Waals surface area contributed by atoms with E-state index in [1.165, 1.54) is 6.07 Å². The zero-order valence-electron chi connectivity index (χ0n) is 7.92. The number of aryl methyl sites for hydroxylation is 2. The first-order chi connectivity index (χ1) is 6.98. The zero-order valence-corrected chi connectivity index (χ0v) is 9.49. The number of fused-ring (bicyclic) bond motifs is 1. The summed E-state index contributed by atoms with van der Waals surface area (Å²) in [6.45, 7) is 0. The Balaban J connectivity index is 2.65. The molecule has 0 radical (unpaired) electrons. The molecule has 6 heteroatoms. The van der Waals surface area contributed by atoms with Crippen molar-refractivity contribution in [3.63, 3.8) is 0 Å². The Hall–Kier alpha value is -0.810. The monoisotopic (exact) mass is 247 g/mol. The maximum Gasteiger partial charge on any atom is 0.268 e. The first-order valence-electron chi connectivity index (χ1n) is 4.68. The molecule has 0 atom stereocenters. The van der Waals surface area contributed by atoms with Gasteiger partial charge in [0.05, 0.1) is 0 Å². The Morgan fingerprint density at radius 1 is 1.27 bits per heavy atom. The highest BCUT2D eigenvalue weighted by Crippen LogP contribution is 2.21. The third kappa shape index (κ3) is 2.08. The lowest BCUT2D eigenvalue weighted by molar-refractivity contribution is 0.606. The zero-order chi connectivity index (χ0) is 11.1.